The van der Waals surface area contributed by atoms with E-state index in [1.54, 1.807) is 32.4 Å². The number of aryl methyl sites for hydroxylation is 1. The van der Waals surface area contributed by atoms with E-state index in [0.29, 0.717) is 30.2 Å². The summed E-state index contributed by atoms with van der Waals surface area (Å²) in [5, 5.41) is 6.08. The summed E-state index contributed by atoms with van der Waals surface area (Å²) >= 11 is 3.50. The highest BCUT2D eigenvalue weighted by Gasteiger charge is 2.09. The van der Waals surface area contributed by atoms with Crippen LogP contribution in [0.4, 0.5) is 11.4 Å². The van der Waals surface area contributed by atoms with Crippen LogP contribution >= 0.6 is 15.9 Å². The van der Waals surface area contributed by atoms with Crippen LogP contribution in [0.5, 0.6) is 11.5 Å². The predicted octanol–water partition coefficient (Wildman–Crippen LogP) is 4.22. The molecule has 128 valence electrons. The van der Waals surface area contributed by atoms with Crippen LogP contribution in [0.1, 0.15) is 12.0 Å². The minimum Gasteiger partial charge on any atom is -0.497 e. The topological polar surface area (TPSA) is 59.6 Å². The molecule has 0 aliphatic heterocycles. The van der Waals surface area contributed by atoms with Crippen molar-refractivity contribution in [1.82, 2.24) is 0 Å². The second-order valence-electron chi connectivity index (χ2n) is 5.26. The molecule has 0 saturated heterocycles. The third kappa shape index (κ3) is 4.89. The highest BCUT2D eigenvalue weighted by molar-refractivity contribution is 9.10. The molecule has 0 heterocycles. The van der Waals surface area contributed by atoms with E-state index in [1.165, 1.54) is 5.56 Å². The number of methoxy groups -OCH3 is 2. The third-order valence-corrected chi connectivity index (χ3v) is 4.39. The maximum absolute atomic E-state index is 12.1. The quantitative estimate of drug-likeness (QED) is 0.740. The molecule has 24 heavy (non-hydrogen) atoms. The summed E-state index contributed by atoms with van der Waals surface area (Å²) in [5.74, 6) is 1.16. The Kier molecular flexibility index (Phi) is 6.49. The number of hydrogen-bond acceptors (Lipinski definition) is 4. The molecule has 6 heteroatoms. The lowest BCUT2D eigenvalue weighted by Crippen LogP contribution is -2.16. The summed E-state index contributed by atoms with van der Waals surface area (Å²) in [6, 6.07) is 11.3. The number of hydrogen-bond donors (Lipinski definition) is 2. The van der Waals surface area contributed by atoms with Gasteiger partial charge in [-0.3, -0.25) is 4.79 Å². The molecule has 1 amide bonds. The van der Waals surface area contributed by atoms with Gasteiger partial charge in [-0.25, -0.2) is 0 Å². The molecule has 0 radical (unpaired) electrons. The molecule has 5 nitrogen and oxygen atoms in total. The van der Waals surface area contributed by atoms with Crippen molar-refractivity contribution in [2.75, 3.05) is 31.4 Å². The third-order valence-electron chi connectivity index (χ3n) is 3.53. The van der Waals surface area contributed by atoms with Crippen molar-refractivity contribution < 1.29 is 14.3 Å². The molecule has 0 aliphatic rings. The number of carbonyl (C=O) groups is 1. The Morgan fingerprint density at radius 1 is 1.12 bits per heavy atom. The van der Waals surface area contributed by atoms with Gasteiger partial charge in [-0.1, -0.05) is 22.0 Å². The zero-order valence-electron chi connectivity index (χ0n) is 14.0. The fourth-order valence-corrected chi connectivity index (χ4v) is 2.53. The van der Waals surface area contributed by atoms with Crippen LogP contribution in [-0.2, 0) is 4.79 Å². The Morgan fingerprint density at radius 2 is 1.92 bits per heavy atom. The molecule has 0 spiro atoms. The number of benzene rings is 2. The van der Waals surface area contributed by atoms with Gasteiger partial charge in [-0.05, 0) is 36.8 Å². The van der Waals surface area contributed by atoms with Crippen LogP contribution in [0.25, 0.3) is 0 Å². The first kappa shape index (κ1) is 18.1. The first-order valence-corrected chi connectivity index (χ1v) is 8.34. The molecule has 0 fully saturated rings. The summed E-state index contributed by atoms with van der Waals surface area (Å²) in [6.07, 6.45) is 0.339. The van der Waals surface area contributed by atoms with E-state index in [2.05, 4.69) is 26.6 Å². The lowest BCUT2D eigenvalue weighted by Gasteiger charge is -2.12. The van der Waals surface area contributed by atoms with E-state index in [4.69, 9.17) is 9.47 Å². The highest BCUT2D eigenvalue weighted by Crippen LogP contribution is 2.29. The van der Waals surface area contributed by atoms with Crippen molar-refractivity contribution in [3.63, 3.8) is 0 Å². The zero-order valence-corrected chi connectivity index (χ0v) is 15.6. The number of nitrogens with one attached hydrogen (secondary N) is 2. The molecule has 0 aromatic heterocycles. The van der Waals surface area contributed by atoms with Gasteiger partial charge in [0.25, 0.3) is 0 Å². The molecule has 0 saturated carbocycles. The molecular formula is C18H21BrN2O3. The lowest BCUT2D eigenvalue weighted by molar-refractivity contribution is -0.115. The number of halogens is 1. The Bertz CT molecular complexity index is 719. The van der Waals surface area contributed by atoms with E-state index in [0.717, 1.165) is 10.2 Å². The van der Waals surface area contributed by atoms with Gasteiger partial charge in [-0.15, -0.1) is 0 Å². The van der Waals surface area contributed by atoms with Gasteiger partial charge >= 0.3 is 0 Å². The van der Waals surface area contributed by atoms with E-state index in [9.17, 15) is 4.79 Å². The standard InChI is InChI=1S/C18H21BrN2O3/c1-12-4-5-13(10-15(12)19)20-9-8-18(22)21-16-11-14(23-2)6-7-17(16)24-3/h4-7,10-11,20H,8-9H2,1-3H3,(H,21,22). The van der Waals surface area contributed by atoms with E-state index >= 15 is 0 Å². The molecule has 0 atom stereocenters. The molecule has 2 aromatic carbocycles. The van der Waals surface area contributed by atoms with E-state index in [1.807, 2.05) is 25.1 Å². The molecular weight excluding hydrogens is 372 g/mol. The lowest BCUT2D eigenvalue weighted by atomic mass is 10.2. The number of amides is 1. The molecule has 2 rings (SSSR count). The average Bonchev–Trinajstić information content (AvgIpc) is 2.58. The summed E-state index contributed by atoms with van der Waals surface area (Å²) in [5.41, 5.74) is 2.74. The predicted molar refractivity (Wildman–Crippen MR) is 100 cm³/mol. The van der Waals surface area contributed by atoms with Gasteiger partial charge in [0.2, 0.25) is 5.91 Å². The van der Waals surface area contributed by atoms with Crippen LogP contribution < -0.4 is 20.1 Å². The average molecular weight is 393 g/mol. The van der Waals surface area contributed by atoms with Gasteiger partial charge in [0.05, 0.1) is 19.9 Å². The largest absolute Gasteiger partial charge is 0.497 e. The molecule has 0 bridgehead atoms. The first-order chi connectivity index (χ1) is 11.5. The Labute approximate surface area is 150 Å². The Hall–Kier alpha value is -2.21. The first-order valence-electron chi connectivity index (χ1n) is 7.55. The number of rotatable bonds is 7. The second kappa shape index (κ2) is 8.59. The molecule has 2 aromatic rings. The van der Waals surface area contributed by atoms with E-state index in [-0.39, 0.29) is 5.91 Å². The number of carbonyl (C=O) groups excluding carboxylic acids is 1. The minimum atomic E-state index is -0.0970. The highest BCUT2D eigenvalue weighted by atomic mass is 79.9. The van der Waals surface area contributed by atoms with Gasteiger partial charge in [0.15, 0.2) is 0 Å². The molecule has 0 unspecified atom stereocenters. The van der Waals surface area contributed by atoms with Gasteiger partial charge in [0.1, 0.15) is 11.5 Å². The van der Waals surface area contributed by atoms with Crippen LogP contribution in [-0.4, -0.2) is 26.7 Å². The zero-order chi connectivity index (χ0) is 17.5. The fraction of sp³-hybridized carbons (Fsp3) is 0.278. The van der Waals surface area contributed by atoms with Gasteiger partial charge in [-0.2, -0.15) is 0 Å². The second-order valence-corrected chi connectivity index (χ2v) is 6.11. The fourth-order valence-electron chi connectivity index (χ4n) is 2.15. The summed E-state index contributed by atoms with van der Waals surface area (Å²) in [6.45, 7) is 2.57. The Morgan fingerprint density at radius 3 is 2.58 bits per heavy atom. The van der Waals surface area contributed by atoms with Crippen molar-refractivity contribution >= 4 is 33.2 Å². The normalized spacial score (nSPS) is 10.2. The van der Waals surface area contributed by atoms with Gasteiger partial charge in [0, 0.05) is 29.2 Å². The SMILES string of the molecule is COc1ccc(OC)c(NC(=O)CCNc2ccc(C)c(Br)c2)c1. The maximum Gasteiger partial charge on any atom is 0.226 e. The number of anilines is 2. The van der Waals surface area contributed by atoms with Crippen LogP contribution in [0.2, 0.25) is 0 Å². The minimum absolute atomic E-state index is 0.0970. The Balaban J connectivity index is 1.90. The molecule has 2 N–H and O–H groups in total. The van der Waals surface area contributed by atoms with Crippen molar-refractivity contribution in [3.8, 4) is 11.5 Å². The van der Waals surface area contributed by atoms with Crippen LogP contribution in [0, 0.1) is 6.92 Å². The van der Waals surface area contributed by atoms with Crippen molar-refractivity contribution in [3.05, 3.63) is 46.4 Å². The summed E-state index contributed by atoms with van der Waals surface area (Å²) < 4.78 is 11.5. The van der Waals surface area contributed by atoms with Crippen LogP contribution in [0.3, 0.4) is 0 Å². The van der Waals surface area contributed by atoms with Crippen molar-refractivity contribution in [2.45, 2.75) is 13.3 Å². The molecule has 0 aliphatic carbocycles. The number of ether oxygens (including phenoxy) is 2. The van der Waals surface area contributed by atoms with Crippen LogP contribution in [0.15, 0.2) is 40.9 Å². The smallest absolute Gasteiger partial charge is 0.226 e. The van der Waals surface area contributed by atoms with E-state index < -0.39 is 0 Å². The van der Waals surface area contributed by atoms with Crippen molar-refractivity contribution in [1.29, 1.82) is 0 Å². The summed E-state index contributed by atoms with van der Waals surface area (Å²) in [7, 11) is 3.14. The summed E-state index contributed by atoms with van der Waals surface area (Å²) in [4.78, 5) is 12.1. The van der Waals surface area contributed by atoms with Gasteiger partial charge < -0.3 is 20.1 Å². The van der Waals surface area contributed by atoms with Crippen molar-refractivity contribution in [2.24, 2.45) is 0 Å². The maximum atomic E-state index is 12.1. The monoisotopic (exact) mass is 392 g/mol.